The molecule has 22 heavy (non-hydrogen) atoms. The van der Waals surface area contributed by atoms with Gasteiger partial charge in [-0.25, -0.2) is 8.78 Å². The van der Waals surface area contributed by atoms with Gasteiger partial charge in [-0.3, -0.25) is 4.79 Å². The number of aliphatic hydroxyl groups is 1. The van der Waals surface area contributed by atoms with Crippen LogP contribution in [0.2, 0.25) is 0 Å². The third kappa shape index (κ3) is 3.27. The number of halogens is 2. The SMILES string of the molecule is CCOC1CC(O)(CNC(=O)C2CCC(F)(F)CC2)C1(C)C. The maximum atomic E-state index is 13.1. The van der Waals surface area contributed by atoms with Crippen LogP contribution in [0, 0.1) is 11.3 Å². The van der Waals surface area contributed by atoms with Gasteiger partial charge in [0.2, 0.25) is 11.8 Å². The molecule has 2 atom stereocenters. The van der Waals surface area contributed by atoms with Crippen LogP contribution < -0.4 is 5.32 Å². The van der Waals surface area contributed by atoms with Gasteiger partial charge in [0.25, 0.3) is 0 Å². The first kappa shape index (κ1) is 17.6. The minimum atomic E-state index is -2.63. The van der Waals surface area contributed by atoms with Gasteiger partial charge in [-0.15, -0.1) is 0 Å². The second kappa shape index (κ2) is 6.04. The van der Waals surface area contributed by atoms with Gasteiger partial charge < -0.3 is 15.2 Å². The average Bonchev–Trinajstić information content (AvgIpc) is 2.44. The van der Waals surface area contributed by atoms with E-state index in [4.69, 9.17) is 4.74 Å². The highest BCUT2D eigenvalue weighted by Crippen LogP contribution is 2.51. The molecule has 2 aliphatic rings. The Labute approximate surface area is 130 Å². The molecule has 128 valence electrons. The van der Waals surface area contributed by atoms with E-state index in [1.54, 1.807) is 0 Å². The second-order valence-electron chi connectivity index (χ2n) is 7.25. The first-order valence-electron chi connectivity index (χ1n) is 8.11. The number of ether oxygens (including phenoxy) is 1. The molecule has 2 fully saturated rings. The van der Waals surface area contributed by atoms with E-state index >= 15 is 0 Å². The van der Waals surface area contributed by atoms with Gasteiger partial charge in [-0.2, -0.15) is 0 Å². The molecule has 0 saturated heterocycles. The van der Waals surface area contributed by atoms with E-state index in [1.165, 1.54) is 0 Å². The highest BCUT2D eigenvalue weighted by Gasteiger charge is 2.60. The van der Waals surface area contributed by atoms with Gasteiger partial charge in [0.1, 0.15) is 0 Å². The van der Waals surface area contributed by atoms with Crippen molar-refractivity contribution in [1.82, 2.24) is 5.32 Å². The molecule has 0 heterocycles. The Balaban J connectivity index is 1.82. The lowest BCUT2D eigenvalue weighted by atomic mass is 9.56. The van der Waals surface area contributed by atoms with E-state index in [0.717, 1.165) is 0 Å². The average molecular weight is 319 g/mol. The number of alkyl halides is 2. The van der Waals surface area contributed by atoms with Crippen LogP contribution in [0.25, 0.3) is 0 Å². The predicted octanol–water partition coefficient (Wildman–Crippen LogP) is 2.49. The molecule has 2 aliphatic carbocycles. The molecule has 0 aliphatic heterocycles. The van der Waals surface area contributed by atoms with Gasteiger partial charge in [0, 0.05) is 43.7 Å². The van der Waals surface area contributed by atoms with Crippen LogP contribution in [0.5, 0.6) is 0 Å². The van der Waals surface area contributed by atoms with Crippen molar-refractivity contribution in [1.29, 1.82) is 0 Å². The largest absolute Gasteiger partial charge is 0.387 e. The fourth-order valence-electron chi connectivity index (χ4n) is 3.44. The smallest absolute Gasteiger partial charge is 0.248 e. The van der Waals surface area contributed by atoms with Crippen molar-refractivity contribution in [2.75, 3.05) is 13.2 Å². The number of amides is 1. The zero-order chi connectivity index (χ0) is 16.6. The lowest BCUT2D eigenvalue weighted by Gasteiger charge is -2.58. The molecule has 2 saturated carbocycles. The highest BCUT2D eigenvalue weighted by atomic mass is 19.3. The molecule has 2 rings (SSSR count). The number of hydrogen-bond donors (Lipinski definition) is 2. The summed E-state index contributed by atoms with van der Waals surface area (Å²) >= 11 is 0. The second-order valence-corrected chi connectivity index (χ2v) is 7.25. The van der Waals surface area contributed by atoms with E-state index in [1.807, 2.05) is 20.8 Å². The fraction of sp³-hybridized carbons (Fsp3) is 0.938. The van der Waals surface area contributed by atoms with Crippen molar-refractivity contribution >= 4 is 5.91 Å². The number of rotatable bonds is 5. The molecule has 2 N–H and O–H groups in total. The van der Waals surface area contributed by atoms with Gasteiger partial charge in [0.15, 0.2) is 0 Å². The van der Waals surface area contributed by atoms with Gasteiger partial charge in [-0.1, -0.05) is 13.8 Å². The summed E-state index contributed by atoms with van der Waals surface area (Å²) in [6.45, 7) is 6.49. The molecule has 0 aromatic carbocycles. The molecule has 1 amide bonds. The summed E-state index contributed by atoms with van der Waals surface area (Å²) in [7, 11) is 0. The fourth-order valence-corrected chi connectivity index (χ4v) is 3.44. The molecule has 0 radical (unpaired) electrons. The zero-order valence-corrected chi connectivity index (χ0v) is 13.6. The Kier molecular flexibility index (Phi) is 4.83. The van der Waals surface area contributed by atoms with Crippen molar-refractivity contribution in [3.05, 3.63) is 0 Å². The Morgan fingerprint density at radius 3 is 2.41 bits per heavy atom. The number of carbonyl (C=O) groups excluding carboxylic acids is 1. The molecule has 0 spiro atoms. The van der Waals surface area contributed by atoms with E-state index in [9.17, 15) is 18.7 Å². The Bertz CT molecular complexity index is 418. The maximum Gasteiger partial charge on any atom is 0.248 e. The Morgan fingerprint density at radius 1 is 1.32 bits per heavy atom. The summed E-state index contributed by atoms with van der Waals surface area (Å²) < 4.78 is 31.8. The van der Waals surface area contributed by atoms with Crippen molar-refractivity contribution in [2.24, 2.45) is 11.3 Å². The monoisotopic (exact) mass is 319 g/mol. The number of hydrogen-bond acceptors (Lipinski definition) is 3. The first-order valence-corrected chi connectivity index (χ1v) is 8.11. The molecular weight excluding hydrogens is 292 g/mol. The van der Waals surface area contributed by atoms with Crippen LogP contribution in [-0.4, -0.2) is 41.8 Å². The van der Waals surface area contributed by atoms with Crippen molar-refractivity contribution in [2.45, 2.75) is 70.5 Å². The maximum absolute atomic E-state index is 13.1. The zero-order valence-electron chi connectivity index (χ0n) is 13.6. The quantitative estimate of drug-likeness (QED) is 0.818. The summed E-state index contributed by atoms with van der Waals surface area (Å²) in [5, 5.41) is 13.4. The Morgan fingerprint density at radius 2 is 1.91 bits per heavy atom. The lowest BCUT2D eigenvalue weighted by molar-refractivity contribution is -0.238. The summed E-state index contributed by atoms with van der Waals surface area (Å²) in [5.41, 5.74) is -1.43. The van der Waals surface area contributed by atoms with Crippen molar-refractivity contribution in [3.8, 4) is 0 Å². The third-order valence-electron chi connectivity index (χ3n) is 5.54. The van der Waals surface area contributed by atoms with Crippen LogP contribution in [0.1, 0.15) is 52.9 Å². The molecule has 0 bridgehead atoms. The predicted molar refractivity (Wildman–Crippen MR) is 78.7 cm³/mol. The van der Waals surface area contributed by atoms with Crippen molar-refractivity contribution in [3.63, 3.8) is 0 Å². The van der Waals surface area contributed by atoms with Crippen LogP contribution in [0.3, 0.4) is 0 Å². The van der Waals surface area contributed by atoms with Gasteiger partial charge in [0.05, 0.1) is 11.7 Å². The summed E-state index contributed by atoms with van der Waals surface area (Å²) in [6, 6.07) is 0. The Hall–Kier alpha value is -0.750. The van der Waals surface area contributed by atoms with Crippen molar-refractivity contribution < 1.29 is 23.4 Å². The van der Waals surface area contributed by atoms with Crippen LogP contribution in [0.15, 0.2) is 0 Å². The summed E-state index contributed by atoms with van der Waals surface area (Å²) in [5.74, 6) is -3.22. The standard InChI is InChI=1S/C16H27F2NO3/c1-4-22-12-9-15(21,14(12,2)3)10-19-13(20)11-5-7-16(17,18)8-6-11/h11-12,21H,4-10H2,1-3H3,(H,19,20). The van der Waals surface area contributed by atoms with E-state index in [-0.39, 0.29) is 50.2 Å². The number of carbonyl (C=O) groups is 1. The van der Waals surface area contributed by atoms with Gasteiger partial charge >= 0.3 is 0 Å². The molecular formula is C16H27F2NO3. The topological polar surface area (TPSA) is 58.6 Å². The van der Waals surface area contributed by atoms with Crippen LogP contribution >= 0.6 is 0 Å². The normalized spacial score (nSPS) is 34.0. The molecule has 4 nitrogen and oxygen atoms in total. The summed E-state index contributed by atoms with van der Waals surface area (Å²) in [6.07, 6.45) is 0.426. The minimum Gasteiger partial charge on any atom is -0.387 e. The highest BCUT2D eigenvalue weighted by molar-refractivity contribution is 5.78. The van der Waals surface area contributed by atoms with Gasteiger partial charge in [-0.05, 0) is 19.8 Å². The van der Waals surface area contributed by atoms with E-state index in [2.05, 4.69) is 5.32 Å². The first-order chi connectivity index (χ1) is 10.1. The summed E-state index contributed by atoms with van der Waals surface area (Å²) in [4.78, 5) is 12.1. The third-order valence-corrected chi connectivity index (χ3v) is 5.54. The molecule has 6 heteroatoms. The van der Waals surface area contributed by atoms with Crippen LogP contribution in [-0.2, 0) is 9.53 Å². The van der Waals surface area contributed by atoms with E-state index < -0.39 is 16.9 Å². The lowest BCUT2D eigenvalue weighted by Crippen LogP contribution is -2.69. The molecule has 0 aromatic rings. The van der Waals surface area contributed by atoms with E-state index in [0.29, 0.717) is 13.0 Å². The molecule has 0 aromatic heterocycles. The number of nitrogens with one attached hydrogen (secondary N) is 1. The minimum absolute atomic E-state index is 0.0206. The van der Waals surface area contributed by atoms with Crippen LogP contribution in [0.4, 0.5) is 8.78 Å². The molecule has 2 unspecified atom stereocenters.